The Morgan fingerprint density at radius 2 is 1.45 bits per heavy atom. The van der Waals surface area contributed by atoms with E-state index in [9.17, 15) is 14.4 Å². The Labute approximate surface area is 231 Å². The molecule has 1 heterocycles. The summed E-state index contributed by atoms with van der Waals surface area (Å²) in [6, 6.07) is 30.2. The summed E-state index contributed by atoms with van der Waals surface area (Å²) in [5.41, 5.74) is 3.82. The summed E-state index contributed by atoms with van der Waals surface area (Å²) in [6.45, 7) is 4.15. The first-order valence-electron chi connectivity index (χ1n) is 13.0. The number of nitrogens with zero attached hydrogens (tertiary/aromatic N) is 1. The summed E-state index contributed by atoms with van der Waals surface area (Å²) in [7, 11) is 0. The molecule has 40 heavy (non-hydrogen) atoms. The Balaban J connectivity index is 1.43. The number of benzene rings is 5. The number of ether oxygens (including phenoxy) is 1. The molecule has 5 aromatic rings. The number of rotatable bonds is 5. The lowest BCUT2D eigenvalue weighted by Crippen LogP contribution is -2.54. The third kappa shape index (κ3) is 4.50. The number of urea groups is 1. The number of carbonyl (C=O) groups excluding carboxylic acids is 3. The fraction of sp³-hybridized carbons (Fsp3) is 0.0882. The molecule has 4 amide bonds. The Bertz CT molecular complexity index is 1870. The highest BCUT2D eigenvalue weighted by atomic mass is 16.5. The second-order valence-electron chi connectivity index (χ2n) is 9.85. The standard InChI is InChI=1S/C34H26N2O4/c1-21-14-16-26(18-22(21)2)36-33(38)30(32(37)35-34(36)39)19-29-28-13-6-4-9-24(28)15-17-31(29)40-20-25-11-7-10-23-8-3-5-12-27(23)25/h3-19H,20H2,1-2H3,(H,35,37,39)/b30-19+. The SMILES string of the molecule is Cc1ccc(N2C(=O)NC(=O)/C(=C\c3c(OCc4cccc5ccccc45)ccc4ccccc34)C2=O)cc1C. The Hall–Kier alpha value is -5.23. The van der Waals surface area contributed by atoms with E-state index in [2.05, 4.69) is 23.5 Å². The molecule has 6 rings (SSSR count). The van der Waals surface area contributed by atoms with Gasteiger partial charge in [-0.1, -0.05) is 78.9 Å². The normalized spacial score (nSPS) is 14.7. The predicted octanol–water partition coefficient (Wildman–Crippen LogP) is 6.86. The number of barbiturate groups is 1. The lowest BCUT2D eigenvalue weighted by molar-refractivity contribution is -0.122. The highest BCUT2D eigenvalue weighted by molar-refractivity contribution is 6.39. The van der Waals surface area contributed by atoms with Crippen molar-refractivity contribution in [2.75, 3.05) is 4.90 Å². The van der Waals surface area contributed by atoms with Gasteiger partial charge < -0.3 is 4.74 Å². The van der Waals surface area contributed by atoms with Crippen LogP contribution < -0.4 is 15.0 Å². The van der Waals surface area contributed by atoms with Crippen molar-refractivity contribution in [3.05, 3.63) is 125 Å². The van der Waals surface area contributed by atoms with Gasteiger partial charge >= 0.3 is 6.03 Å². The molecular weight excluding hydrogens is 500 g/mol. The topological polar surface area (TPSA) is 75.7 Å². The number of imide groups is 2. The molecule has 0 aliphatic carbocycles. The van der Waals surface area contributed by atoms with Gasteiger partial charge in [-0.3, -0.25) is 14.9 Å². The highest BCUT2D eigenvalue weighted by Crippen LogP contribution is 2.33. The van der Waals surface area contributed by atoms with E-state index in [1.807, 2.05) is 80.6 Å². The first kappa shape index (κ1) is 25.1. The van der Waals surface area contributed by atoms with E-state index in [1.54, 1.807) is 12.1 Å². The molecule has 196 valence electrons. The summed E-state index contributed by atoms with van der Waals surface area (Å²) >= 11 is 0. The van der Waals surface area contributed by atoms with Gasteiger partial charge in [0.15, 0.2) is 0 Å². The van der Waals surface area contributed by atoms with Crippen molar-refractivity contribution in [3.8, 4) is 5.75 Å². The molecule has 0 aromatic heterocycles. The lowest BCUT2D eigenvalue weighted by atomic mass is 9.99. The number of amides is 4. The van der Waals surface area contributed by atoms with Crippen LogP contribution in [0.5, 0.6) is 5.75 Å². The van der Waals surface area contributed by atoms with Gasteiger partial charge in [-0.15, -0.1) is 0 Å². The van der Waals surface area contributed by atoms with Crippen molar-refractivity contribution in [3.63, 3.8) is 0 Å². The first-order chi connectivity index (χ1) is 19.4. The lowest BCUT2D eigenvalue weighted by Gasteiger charge is -2.27. The van der Waals surface area contributed by atoms with Crippen molar-refractivity contribution >= 4 is 51.2 Å². The molecule has 5 aromatic carbocycles. The van der Waals surface area contributed by atoms with E-state index in [-0.39, 0.29) is 5.57 Å². The molecule has 0 bridgehead atoms. The van der Waals surface area contributed by atoms with Crippen molar-refractivity contribution < 1.29 is 19.1 Å². The Morgan fingerprint density at radius 3 is 2.23 bits per heavy atom. The smallest absolute Gasteiger partial charge is 0.335 e. The molecule has 0 saturated carbocycles. The first-order valence-corrected chi connectivity index (χ1v) is 13.0. The van der Waals surface area contributed by atoms with E-state index < -0.39 is 17.8 Å². The van der Waals surface area contributed by atoms with Gasteiger partial charge in [0.1, 0.15) is 17.9 Å². The summed E-state index contributed by atoms with van der Waals surface area (Å²) in [5.74, 6) is -0.915. The van der Waals surface area contributed by atoms with Gasteiger partial charge in [-0.2, -0.15) is 0 Å². The number of aryl methyl sites for hydroxylation is 2. The van der Waals surface area contributed by atoms with E-state index in [4.69, 9.17) is 4.74 Å². The summed E-state index contributed by atoms with van der Waals surface area (Å²) in [4.78, 5) is 40.4. The van der Waals surface area contributed by atoms with Gasteiger partial charge in [0, 0.05) is 5.56 Å². The van der Waals surface area contributed by atoms with Crippen molar-refractivity contribution in [1.82, 2.24) is 5.32 Å². The van der Waals surface area contributed by atoms with E-state index in [0.717, 1.165) is 43.1 Å². The monoisotopic (exact) mass is 526 g/mol. The van der Waals surface area contributed by atoms with Crippen LogP contribution >= 0.6 is 0 Å². The van der Waals surface area contributed by atoms with Crippen LogP contribution in [-0.4, -0.2) is 17.8 Å². The fourth-order valence-electron chi connectivity index (χ4n) is 5.03. The molecule has 1 aliphatic rings. The second-order valence-corrected chi connectivity index (χ2v) is 9.85. The molecular formula is C34H26N2O4. The molecule has 0 atom stereocenters. The van der Waals surface area contributed by atoms with Crippen LogP contribution in [0.25, 0.3) is 27.6 Å². The zero-order chi connectivity index (χ0) is 27.8. The maximum absolute atomic E-state index is 13.7. The zero-order valence-electron chi connectivity index (χ0n) is 22.1. The number of anilines is 1. The fourth-order valence-corrected chi connectivity index (χ4v) is 5.03. The summed E-state index contributed by atoms with van der Waals surface area (Å²) < 4.78 is 6.34. The van der Waals surface area contributed by atoms with Crippen molar-refractivity contribution in [2.45, 2.75) is 20.5 Å². The largest absolute Gasteiger partial charge is 0.488 e. The summed E-state index contributed by atoms with van der Waals surface area (Å²) in [5, 5.41) is 6.28. The van der Waals surface area contributed by atoms with Gasteiger partial charge in [0.25, 0.3) is 11.8 Å². The number of nitrogens with one attached hydrogen (secondary N) is 1. The minimum Gasteiger partial charge on any atom is -0.488 e. The van der Waals surface area contributed by atoms with Crippen molar-refractivity contribution in [2.24, 2.45) is 0 Å². The quantitative estimate of drug-likeness (QED) is 0.201. The Kier molecular flexibility index (Phi) is 6.36. The molecule has 0 spiro atoms. The van der Waals surface area contributed by atoms with Crippen LogP contribution in [0, 0.1) is 13.8 Å². The second kappa shape index (κ2) is 10.2. The number of hydrogen-bond donors (Lipinski definition) is 1. The molecule has 1 aliphatic heterocycles. The zero-order valence-corrected chi connectivity index (χ0v) is 22.1. The summed E-state index contributed by atoms with van der Waals surface area (Å²) in [6.07, 6.45) is 1.53. The third-order valence-corrected chi connectivity index (χ3v) is 7.33. The van der Waals surface area contributed by atoms with Crippen LogP contribution in [0.2, 0.25) is 0 Å². The molecule has 1 fully saturated rings. The number of hydrogen-bond acceptors (Lipinski definition) is 4. The highest BCUT2D eigenvalue weighted by Gasteiger charge is 2.37. The van der Waals surface area contributed by atoms with Crippen molar-refractivity contribution in [1.29, 1.82) is 0 Å². The average molecular weight is 527 g/mol. The Morgan fingerprint density at radius 1 is 0.750 bits per heavy atom. The molecule has 1 saturated heterocycles. The molecule has 6 nitrogen and oxygen atoms in total. The van der Waals surface area contributed by atoms with Gasteiger partial charge in [0.2, 0.25) is 0 Å². The van der Waals surface area contributed by atoms with E-state index in [0.29, 0.717) is 23.6 Å². The maximum atomic E-state index is 13.7. The predicted molar refractivity (Wildman–Crippen MR) is 157 cm³/mol. The van der Waals surface area contributed by atoms with Gasteiger partial charge in [-0.05, 0) is 76.4 Å². The van der Waals surface area contributed by atoms with Gasteiger partial charge in [-0.25, -0.2) is 9.69 Å². The molecule has 0 unspecified atom stereocenters. The molecule has 6 heteroatoms. The van der Waals surface area contributed by atoms with Crippen LogP contribution in [0.3, 0.4) is 0 Å². The van der Waals surface area contributed by atoms with Gasteiger partial charge in [0.05, 0.1) is 5.69 Å². The average Bonchev–Trinajstić information content (AvgIpc) is 2.96. The number of fused-ring (bicyclic) bond motifs is 2. The number of carbonyl (C=O) groups is 3. The van der Waals surface area contributed by atoms with E-state index >= 15 is 0 Å². The molecule has 0 radical (unpaired) electrons. The van der Waals surface area contributed by atoms with Crippen LogP contribution in [0.4, 0.5) is 10.5 Å². The maximum Gasteiger partial charge on any atom is 0.335 e. The molecule has 1 N–H and O–H groups in total. The minimum absolute atomic E-state index is 0.149. The van der Waals surface area contributed by atoms with Crippen LogP contribution in [0.1, 0.15) is 22.3 Å². The van der Waals surface area contributed by atoms with Crippen LogP contribution in [0.15, 0.2) is 103 Å². The third-order valence-electron chi connectivity index (χ3n) is 7.33. The van der Waals surface area contributed by atoms with Crippen LogP contribution in [-0.2, 0) is 16.2 Å². The minimum atomic E-state index is -0.777. The van der Waals surface area contributed by atoms with E-state index in [1.165, 1.54) is 6.08 Å².